The monoisotopic (exact) mass is 293 g/mol. The van der Waals surface area contributed by atoms with E-state index in [9.17, 15) is 8.42 Å². The molecule has 0 aliphatic carbocycles. The molecule has 1 rings (SSSR count). The Labute approximate surface area is 112 Å². The van der Waals surface area contributed by atoms with Crippen LogP contribution in [-0.2, 0) is 14.8 Å². The number of rotatable bonds is 8. The molecule has 8 heteroatoms. The van der Waals surface area contributed by atoms with Gasteiger partial charge >= 0.3 is 0 Å². The van der Waals surface area contributed by atoms with Crippen molar-refractivity contribution in [3.05, 3.63) is 11.4 Å². The average molecular weight is 293 g/mol. The summed E-state index contributed by atoms with van der Waals surface area (Å²) >= 11 is 1.12. The van der Waals surface area contributed by atoms with E-state index in [2.05, 4.69) is 4.72 Å². The molecule has 1 aromatic heterocycles. The molecule has 0 atom stereocenters. The lowest BCUT2D eigenvalue weighted by molar-refractivity contribution is 0.162. The van der Waals surface area contributed by atoms with E-state index in [4.69, 9.17) is 10.5 Å². The van der Waals surface area contributed by atoms with Crippen LogP contribution in [0.5, 0.6) is 0 Å². The number of likely N-dealkylation sites (N-methyl/N-ethyl adjacent to an activating group) is 1. The van der Waals surface area contributed by atoms with Crippen LogP contribution in [0.15, 0.2) is 15.7 Å². The van der Waals surface area contributed by atoms with Crippen molar-refractivity contribution in [3.63, 3.8) is 0 Å². The van der Waals surface area contributed by atoms with Gasteiger partial charge < -0.3 is 15.4 Å². The number of nitrogen functional groups attached to an aromatic ring is 1. The summed E-state index contributed by atoms with van der Waals surface area (Å²) in [6.07, 6.45) is 0. The topological polar surface area (TPSA) is 84.7 Å². The maximum Gasteiger partial charge on any atom is 0.250 e. The number of nitrogens with zero attached hydrogens (tertiary/aromatic N) is 1. The zero-order valence-electron chi connectivity index (χ0n) is 10.5. The van der Waals surface area contributed by atoms with Crippen LogP contribution < -0.4 is 10.5 Å². The number of thiophene rings is 1. The minimum Gasteiger partial charge on any atom is -0.398 e. The van der Waals surface area contributed by atoms with Gasteiger partial charge in [0.1, 0.15) is 4.21 Å². The maximum absolute atomic E-state index is 11.8. The molecular formula is C10H19N3O3S2. The maximum atomic E-state index is 11.8. The molecule has 104 valence electrons. The van der Waals surface area contributed by atoms with Crippen molar-refractivity contribution < 1.29 is 13.2 Å². The third kappa shape index (κ3) is 4.91. The molecule has 0 aliphatic heterocycles. The third-order valence-corrected chi connectivity index (χ3v) is 5.24. The second-order valence-corrected chi connectivity index (χ2v) is 6.80. The van der Waals surface area contributed by atoms with Crippen LogP contribution in [0.3, 0.4) is 0 Å². The molecule has 18 heavy (non-hydrogen) atoms. The van der Waals surface area contributed by atoms with Crippen LogP contribution in [0.4, 0.5) is 5.69 Å². The highest BCUT2D eigenvalue weighted by atomic mass is 32.2. The van der Waals surface area contributed by atoms with E-state index in [0.29, 0.717) is 25.4 Å². The van der Waals surface area contributed by atoms with Gasteiger partial charge in [0.2, 0.25) is 10.0 Å². The lowest BCUT2D eigenvalue weighted by Crippen LogP contribution is -2.34. The minimum atomic E-state index is -3.43. The number of ether oxygens (including phenoxy) is 1. The van der Waals surface area contributed by atoms with Crippen molar-refractivity contribution >= 4 is 27.0 Å². The van der Waals surface area contributed by atoms with Crippen LogP contribution in [0, 0.1) is 0 Å². The molecule has 0 radical (unpaired) electrons. The van der Waals surface area contributed by atoms with Crippen molar-refractivity contribution in [2.24, 2.45) is 0 Å². The van der Waals surface area contributed by atoms with Crippen LogP contribution in [0.2, 0.25) is 0 Å². The lowest BCUT2D eigenvalue weighted by atomic mass is 10.5. The molecule has 1 heterocycles. The second-order valence-electron chi connectivity index (χ2n) is 3.89. The zero-order valence-corrected chi connectivity index (χ0v) is 12.2. The number of anilines is 1. The molecule has 3 N–H and O–H groups in total. The van der Waals surface area contributed by atoms with E-state index in [-0.39, 0.29) is 4.21 Å². The summed E-state index contributed by atoms with van der Waals surface area (Å²) in [5, 5.41) is 1.61. The Kier molecular flexibility index (Phi) is 6.03. The Morgan fingerprint density at radius 2 is 2.22 bits per heavy atom. The SMILES string of the molecule is COCCN(C)CCNS(=O)(=O)c1cc(N)cs1. The van der Waals surface area contributed by atoms with Crippen LogP contribution >= 0.6 is 11.3 Å². The third-order valence-electron chi connectivity index (χ3n) is 2.32. The van der Waals surface area contributed by atoms with Gasteiger partial charge in [0, 0.05) is 37.8 Å². The number of nitrogens with one attached hydrogen (secondary N) is 1. The highest BCUT2D eigenvalue weighted by molar-refractivity contribution is 7.91. The molecule has 0 aromatic carbocycles. The van der Waals surface area contributed by atoms with E-state index in [1.165, 1.54) is 6.07 Å². The van der Waals surface area contributed by atoms with Gasteiger partial charge in [0.25, 0.3) is 0 Å². The summed E-state index contributed by atoms with van der Waals surface area (Å²) in [5.41, 5.74) is 5.97. The van der Waals surface area contributed by atoms with Crippen molar-refractivity contribution in [2.45, 2.75) is 4.21 Å². The van der Waals surface area contributed by atoms with Gasteiger partial charge in [-0.3, -0.25) is 0 Å². The van der Waals surface area contributed by atoms with Crippen LogP contribution in [0.25, 0.3) is 0 Å². The summed E-state index contributed by atoms with van der Waals surface area (Å²) in [6.45, 7) is 2.39. The first-order valence-corrected chi connectivity index (χ1v) is 7.83. The average Bonchev–Trinajstić information content (AvgIpc) is 2.73. The molecule has 0 fully saturated rings. The molecular weight excluding hydrogens is 274 g/mol. The van der Waals surface area contributed by atoms with Gasteiger partial charge in [-0.05, 0) is 13.1 Å². The predicted molar refractivity (Wildman–Crippen MR) is 73.3 cm³/mol. The molecule has 0 bridgehead atoms. The normalized spacial score (nSPS) is 12.2. The molecule has 0 amide bonds. The molecule has 0 saturated carbocycles. The van der Waals surface area contributed by atoms with Gasteiger partial charge in [-0.25, -0.2) is 13.1 Å². The van der Waals surface area contributed by atoms with Crippen molar-refractivity contribution in [1.29, 1.82) is 0 Å². The summed E-state index contributed by atoms with van der Waals surface area (Å²) in [5.74, 6) is 0. The van der Waals surface area contributed by atoms with Gasteiger partial charge in [-0.2, -0.15) is 0 Å². The van der Waals surface area contributed by atoms with Crippen LogP contribution in [-0.4, -0.2) is 53.7 Å². The smallest absolute Gasteiger partial charge is 0.250 e. The van der Waals surface area contributed by atoms with Crippen molar-refractivity contribution in [2.75, 3.05) is 46.1 Å². The van der Waals surface area contributed by atoms with Gasteiger partial charge in [0.05, 0.1) is 6.61 Å². The largest absolute Gasteiger partial charge is 0.398 e. The Hall–Kier alpha value is -0.670. The fourth-order valence-electron chi connectivity index (χ4n) is 1.27. The van der Waals surface area contributed by atoms with Crippen molar-refractivity contribution in [1.82, 2.24) is 9.62 Å². The Balaban J connectivity index is 2.39. The number of sulfonamides is 1. The van der Waals surface area contributed by atoms with E-state index < -0.39 is 10.0 Å². The first-order chi connectivity index (χ1) is 8.45. The van der Waals surface area contributed by atoms with Crippen LogP contribution in [0.1, 0.15) is 0 Å². The quantitative estimate of drug-likeness (QED) is 0.714. The molecule has 0 saturated heterocycles. The minimum absolute atomic E-state index is 0.250. The highest BCUT2D eigenvalue weighted by Gasteiger charge is 2.15. The molecule has 0 spiro atoms. The number of hydrogen-bond acceptors (Lipinski definition) is 6. The zero-order chi connectivity index (χ0) is 13.6. The van der Waals surface area contributed by atoms with Gasteiger partial charge in [-0.1, -0.05) is 0 Å². The highest BCUT2D eigenvalue weighted by Crippen LogP contribution is 2.20. The fourth-order valence-corrected chi connectivity index (χ4v) is 3.42. The van der Waals surface area contributed by atoms with Gasteiger partial charge in [0.15, 0.2) is 0 Å². The summed E-state index contributed by atoms with van der Waals surface area (Å²) in [4.78, 5) is 1.99. The fraction of sp³-hybridized carbons (Fsp3) is 0.600. The Morgan fingerprint density at radius 1 is 1.50 bits per heavy atom. The Bertz CT molecular complexity index is 459. The predicted octanol–water partition coefficient (Wildman–Crippen LogP) is 0.187. The van der Waals surface area contributed by atoms with E-state index in [1.807, 2.05) is 11.9 Å². The van der Waals surface area contributed by atoms with E-state index in [1.54, 1.807) is 12.5 Å². The summed E-state index contributed by atoms with van der Waals surface area (Å²) in [7, 11) is 0.125. The van der Waals surface area contributed by atoms with E-state index >= 15 is 0 Å². The second kappa shape index (κ2) is 7.05. The van der Waals surface area contributed by atoms with Gasteiger partial charge in [-0.15, -0.1) is 11.3 Å². The molecule has 1 aromatic rings. The number of hydrogen-bond donors (Lipinski definition) is 2. The first kappa shape index (κ1) is 15.4. The number of nitrogens with two attached hydrogens (primary N) is 1. The standard InChI is InChI=1S/C10H19N3O3S2/c1-13(5-6-16-2)4-3-12-18(14,15)10-7-9(11)8-17-10/h7-8,12H,3-6,11H2,1-2H3. The summed E-state index contributed by atoms with van der Waals surface area (Å²) < 4.78 is 31.4. The molecule has 0 aliphatic rings. The van der Waals surface area contributed by atoms with E-state index in [0.717, 1.165) is 17.9 Å². The molecule has 0 unspecified atom stereocenters. The number of methoxy groups -OCH3 is 1. The lowest BCUT2D eigenvalue weighted by Gasteiger charge is -2.15. The molecule has 6 nitrogen and oxygen atoms in total. The first-order valence-electron chi connectivity index (χ1n) is 5.47. The van der Waals surface area contributed by atoms with Crippen molar-refractivity contribution in [3.8, 4) is 0 Å². The summed E-state index contributed by atoms with van der Waals surface area (Å²) in [6, 6.07) is 1.46. The Morgan fingerprint density at radius 3 is 2.78 bits per heavy atom.